The molecule has 0 saturated heterocycles. The molecule has 0 fully saturated rings. The van der Waals surface area contributed by atoms with Gasteiger partial charge in [0.15, 0.2) is 11.2 Å². The molecule has 2 heterocycles. The molecule has 85 heavy (non-hydrogen) atoms. The molecule has 0 atom stereocenters. The number of fused-ring (bicyclic) bond motifs is 11. The fraction of sp³-hybridized carbons (Fsp3) is 0.259. The highest BCUT2D eigenvalue weighted by molar-refractivity contribution is 6.27. The standard InChI is InChI=1S/C81H80N2O2/c1-76(2,3)51-30-39-58(40-31-51)82(59-41-32-52(33-42-59)77(4,5)6)66-49-64-72(70-62-28-22-23-29-68(62)84-74(66)70)73-65(81(64,55-24-18-16-19-25-55)56-26-20-17-21-27-56)50-67(75-71(73)63-47-38-57(80(13,14)15)48-69(63)85-75)83(60-43-34-53(35-44-60)78(7,8)9)61-45-36-54(37-46-61)79(10,11)12/h16-50H,1-15H3. The molecule has 12 aromatic rings. The van der Waals surface area contributed by atoms with Crippen LogP contribution in [0.5, 0.6) is 0 Å². The Balaban J connectivity index is 1.24. The van der Waals surface area contributed by atoms with E-state index < -0.39 is 5.41 Å². The normalized spacial score (nSPS) is 13.7. The Morgan fingerprint density at radius 2 is 0.600 bits per heavy atom. The second-order valence-corrected chi connectivity index (χ2v) is 29.0. The van der Waals surface area contributed by atoms with Gasteiger partial charge in [-0.05, 0) is 161 Å². The van der Waals surface area contributed by atoms with E-state index >= 15 is 0 Å². The Labute approximate surface area is 503 Å². The molecule has 426 valence electrons. The molecule has 0 N–H and O–H groups in total. The third-order valence-corrected chi connectivity index (χ3v) is 18.1. The highest BCUT2D eigenvalue weighted by Gasteiger charge is 2.50. The zero-order valence-electron chi connectivity index (χ0n) is 52.4. The van der Waals surface area contributed by atoms with Gasteiger partial charge in [0.1, 0.15) is 11.2 Å². The summed E-state index contributed by atoms with van der Waals surface area (Å²) in [5.74, 6) is 0. The van der Waals surface area contributed by atoms with E-state index in [4.69, 9.17) is 8.83 Å². The number of para-hydroxylation sites is 1. The predicted octanol–water partition coefficient (Wildman–Crippen LogP) is 23.3. The van der Waals surface area contributed by atoms with Crippen molar-refractivity contribution >= 4 is 78.0 Å². The second-order valence-electron chi connectivity index (χ2n) is 29.0. The first-order chi connectivity index (χ1) is 40.3. The van der Waals surface area contributed by atoms with Crippen LogP contribution in [0.1, 0.15) is 154 Å². The van der Waals surface area contributed by atoms with Gasteiger partial charge in [-0.1, -0.05) is 243 Å². The molecule has 0 unspecified atom stereocenters. The van der Waals surface area contributed by atoms with Gasteiger partial charge in [-0.25, -0.2) is 0 Å². The quantitative estimate of drug-likeness (QED) is 0.152. The summed E-state index contributed by atoms with van der Waals surface area (Å²) in [7, 11) is 0. The van der Waals surface area contributed by atoms with Crippen LogP contribution in [0.2, 0.25) is 0 Å². The van der Waals surface area contributed by atoms with Crippen molar-refractivity contribution in [3.05, 3.63) is 262 Å². The first-order valence-electron chi connectivity index (χ1n) is 30.5. The lowest BCUT2D eigenvalue weighted by molar-refractivity contribution is 0.587. The maximum atomic E-state index is 7.67. The molecule has 0 radical (unpaired) electrons. The van der Waals surface area contributed by atoms with Gasteiger partial charge in [-0.2, -0.15) is 0 Å². The zero-order valence-corrected chi connectivity index (χ0v) is 52.4. The molecular formula is C81H80N2O2. The molecule has 0 bridgehead atoms. The van der Waals surface area contributed by atoms with E-state index in [-0.39, 0.29) is 27.1 Å². The summed E-state index contributed by atoms with van der Waals surface area (Å²) in [6.07, 6.45) is 0. The minimum Gasteiger partial charge on any atom is -0.454 e. The van der Waals surface area contributed by atoms with Crippen molar-refractivity contribution in [2.24, 2.45) is 0 Å². The van der Waals surface area contributed by atoms with Crippen LogP contribution in [0.25, 0.3) is 55.0 Å². The smallest absolute Gasteiger partial charge is 0.160 e. The number of rotatable bonds is 8. The number of nitrogens with zero attached hydrogens (tertiary/aromatic N) is 2. The topological polar surface area (TPSA) is 32.8 Å². The van der Waals surface area contributed by atoms with Gasteiger partial charge in [0, 0.05) is 44.3 Å². The number of anilines is 6. The maximum absolute atomic E-state index is 7.67. The maximum Gasteiger partial charge on any atom is 0.160 e. The zero-order chi connectivity index (χ0) is 59.8. The van der Waals surface area contributed by atoms with Crippen LogP contribution in [0, 0.1) is 0 Å². The van der Waals surface area contributed by atoms with Crippen molar-refractivity contribution in [3.8, 4) is 11.1 Å². The summed E-state index contributed by atoms with van der Waals surface area (Å²) >= 11 is 0. The molecule has 1 aliphatic carbocycles. The molecule has 0 spiro atoms. The summed E-state index contributed by atoms with van der Waals surface area (Å²) in [5, 5.41) is 4.28. The minimum atomic E-state index is -0.887. The molecule has 0 amide bonds. The van der Waals surface area contributed by atoms with Crippen molar-refractivity contribution in [2.75, 3.05) is 9.80 Å². The monoisotopic (exact) mass is 1110 g/mol. The van der Waals surface area contributed by atoms with Gasteiger partial charge in [0.25, 0.3) is 0 Å². The lowest BCUT2D eigenvalue weighted by atomic mass is 9.67. The fourth-order valence-electron chi connectivity index (χ4n) is 13.3. The van der Waals surface area contributed by atoms with Gasteiger partial charge in [-0.3, -0.25) is 0 Å². The molecule has 10 aromatic carbocycles. The molecule has 4 nitrogen and oxygen atoms in total. The summed E-state index contributed by atoms with van der Waals surface area (Å²) in [4.78, 5) is 4.90. The lowest BCUT2D eigenvalue weighted by Crippen LogP contribution is -2.29. The van der Waals surface area contributed by atoms with Crippen LogP contribution in [-0.4, -0.2) is 0 Å². The molecule has 13 rings (SSSR count). The third-order valence-electron chi connectivity index (χ3n) is 18.1. The van der Waals surface area contributed by atoms with Crippen LogP contribution in [0.15, 0.2) is 221 Å². The molecule has 1 aliphatic rings. The Morgan fingerprint density at radius 1 is 0.294 bits per heavy atom. The van der Waals surface area contributed by atoms with Crippen LogP contribution in [-0.2, 0) is 32.5 Å². The number of hydrogen-bond acceptors (Lipinski definition) is 4. The highest BCUT2D eigenvalue weighted by atomic mass is 16.3. The van der Waals surface area contributed by atoms with E-state index in [9.17, 15) is 0 Å². The molecule has 4 heteroatoms. The van der Waals surface area contributed by atoms with Crippen molar-refractivity contribution in [2.45, 2.75) is 136 Å². The second kappa shape index (κ2) is 19.7. The summed E-state index contributed by atoms with van der Waals surface area (Å²) < 4.78 is 15.2. The SMILES string of the molecule is CC(C)(C)c1ccc(N(c2ccc(C(C)(C)C)cc2)c2cc3c(c4c2oc2ccccc24)-c2c(cc(N(c4ccc(C(C)(C)C)cc4)c4ccc(C(C)(C)C)cc4)c4oc5cc(C(C)(C)C)ccc5c24)C3(c2ccccc2)c2ccccc2)cc1. The molecule has 2 aromatic heterocycles. The van der Waals surface area contributed by atoms with E-state index in [1.165, 1.54) is 50.1 Å². The molecule has 0 aliphatic heterocycles. The number of hydrogen-bond donors (Lipinski definition) is 0. The average Bonchev–Trinajstić information content (AvgIpc) is 1.51. The molecular weight excluding hydrogens is 1030 g/mol. The van der Waals surface area contributed by atoms with Crippen molar-refractivity contribution in [1.82, 2.24) is 0 Å². The Morgan fingerprint density at radius 3 is 0.953 bits per heavy atom. The third kappa shape index (κ3) is 9.26. The van der Waals surface area contributed by atoms with Crippen molar-refractivity contribution < 1.29 is 8.83 Å². The lowest BCUT2D eigenvalue weighted by Gasteiger charge is -2.36. The van der Waals surface area contributed by atoms with Gasteiger partial charge >= 0.3 is 0 Å². The van der Waals surface area contributed by atoms with Crippen LogP contribution >= 0.6 is 0 Å². The van der Waals surface area contributed by atoms with E-state index in [1.54, 1.807) is 0 Å². The largest absolute Gasteiger partial charge is 0.454 e. The van der Waals surface area contributed by atoms with E-state index in [1.807, 2.05) is 0 Å². The Kier molecular flexibility index (Phi) is 12.9. The highest BCUT2D eigenvalue weighted by Crippen LogP contribution is 2.65. The summed E-state index contributed by atoms with van der Waals surface area (Å²) in [6.45, 7) is 34.3. The van der Waals surface area contributed by atoms with Crippen molar-refractivity contribution in [3.63, 3.8) is 0 Å². The van der Waals surface area contributed by atoms with Crippen LogP contribution in [0.3, 0.4) is 0 Å². The molecule has 0 saturated carbocycles. The van der Waals surface area contributed by atoms with E-state index in [0.29, 0.717) is 0 Å². The Bertz CT molecular complexity index is 4330. The van der Waals surface area contributed by atoms with E-state index in [0.717, 1.165) is 89.1 Å². The van der Waals surface area contributed by atoms with Gasteiger partial charge < -0.3 is 18.6 Å². The average molecular weight is 1110 g/mol. The van der Waals surface area contributed by atoms with Gasteiger partial charge in [0.05, 0.1) is 16.8 Å². The summed E-state index contributed by atoms with van der Waals surface area (Å²) in [6, 6.07) is 80.0. The van der Waals surface area contributed by atoms with Gasteiger partial charge in [0.2, 0.25) is 0 Å². The van der Waals surface area contributed by atoms with E-state index in [2.05, 4.69) is 326 Å². The number of furan rings is 2. The predicted molar refractivity (Wildman–Crippen MR) is 361 cm³/mol. The first-order valence-corrected chi connectivity index (χ1v) is 30.5. The fourth-order valence-corrected chi connectivity index (χ4v) is 13.3. The van der Waals surface area contributed by atoms with Crippen molar-refractivity contribution in [1.29, 1.82) is 0 Å². The van der Waals surface area contributed by atoms with Crippen LogP contribution < -0.4 is 9.80 Å². The van der Waals surface area contributed by atoms with Gasteiger partial charge in [-0.15, -0.1) is 0 Å². The summed E-state index contributed by atoms with van der Waals surface area (Å²) in [5.41, 5.74) is 21.6. The first kappa shape index (κ1) is 55.6. The Hall–Kier alpha value is -8.60. The van der Waals surface area contributed by atoms with Crippen LogP contribution in [0.4, 0.5) is 34.1 Å². The number of benzene rings is 10. The minimum absolute atomic E-state index is 0.0366.